The Kier molecular flexibility index (Phi) is 7.68. The molecule has 0 fully saturated rings. The van der Waals surface area contributed by atoms with E-state index < -0.39 is 16.9 Å². The molecule has 0 aliphatic rings. The number of amides is 2. The lowest BCUT2D eigenvalue weighted by Crippen LogP contribution is -2.41. The molecule has 2 heterocycles. The first-order valence-electron chi connectivity index (χ1n) is 11.0. The van der Waals surface area contributed by atoms with Crippen molar-refractivity contribution in [2.24, 2.45) is 5.41 Å². The molecule has 2 amide bonds. The summed E-state index contributed by atoms with van der Waals surface area (Å²) in [6.07, 6.45) is 0. The molecule has 0 bridgehead atoms. The van der Waals surface area contributed by atoms with Gasteiger partial charge < -0.3 is 20.3 Å². The van der Waals surface area contributed by atoms with Crippen molar-refractivity contribution < 1.29 is 14.7 Å². The van der Waals surface area contributed by atoms with E-state index in [1.54, 1.807) is 19.2 Å². The average Bonchev–Trinajstić information content (AvgIpc) is 2.80. The molecule has 0 unspecified atom stereocenters. The van der Waals surface area contributed by atoms with Gasteiger partial charge in [-0.15, -0.1) is 0 Å². The lowest BCUT2D eigenvalue weighted by atomic mass is 9.94. The van der Waals surface area contributed by atoms with Crippen molar-refractivity contribution in [3.05, 3.63) is 74.1 Å². The molecule has 0 spiro atoms. The van der Waals surface area contributed by atoms with E-state index >= 15 is 0 Å². The van der Waals surface area contributed by atoms with Gasteiger partial charge in [-0.05, 0) is 30.7 Å². The number of hydrogen-bond acceptors (Lipinski definition) is 5. The standard InChI is InChI=1S/C25H30N4O4S/c1-16-5-7-17(8-6-16)12-26-23(32)19-11-18-9-10-20(34)27-22(18)29(24(19)33)13-21(31)28(4)14-25(2,3)15-30/h5-11,30H,12-15H2,1-4H3,(H,26,32)(H,27,34). The van der Waals surface area contributed by atoms with Gasteiger partial charge >= 0.3 is 0 Å². The molecular weight excluding hydrogens is 452 g/mol. The van der Waals surface area contributed by atoms with Crippen LogP contribution in [0.5, 0.6) is 0 Å². The largest absolute Gasteiger partial charge is 0.396 e. The van der Waals surface area contributed by atoms with Gasteiger partial charge in [0.1, 0.15) is 22.4 Å². The van der Waals surface area contributed by atoms with E-state index in [9.17, 15) is 19.5 Å². The predicted octanol–water partition coefficient (Wildman–Crippen LogP) is 2.77. The molecule has 8 nitrogen and oxygen atoms in total. The molecule has 0 radical (unpaired) electrons. The molecule has 2 aromatic heterocycles. The quantitative estimate of drug-likeness (QED) is 0.428. The maximum Gasteiger partial charge on any atom is 0.265 e. The number of likely N-dealkylation sites (N-methyl/N-ethyl adjacent to an activating group) is 1. The van der Waals surface area contributed by atoms with Crippen LogP contribution in [0.3, 0.4) is 0 Å². The van der Waals surface area contributed by atoms with Gasteiger partial charge in [0.15, 0.2) is 0 Å². The molecule has 3 N–H and O–H groups in total. The minimum atomic E-state index is -0.589. The third kappa shape index (κ3) is 5.98. The van der Waals surface area contributed by atoms with Crippen LogP contribution in [-0.4, -0.2) is 51.6 Å². The van der Waals surface area contributed by atoms with Gasteiger partial charge in [0.05, 0.1) is 0 Å². The summed E-state index contributed by atoms with van der Waals surface area (Å²) in [7, 11) is 1.62. The number of nitrogens with one attached hydrogen (secondary N) is 2. The molecule has 0 saturated heterocycles. The van der Waals surface area contributed by atoms with Gasteiger partial charge in [-0.2, -0.15) is 0 Å². The lowest BCUT2D eigenvalue weighted by molar-refractivity contribution is -0.132. The summed E-state index contributed by atoms with van der Waals surface area (Å²) in [5.41, 5.74) is 1.25. The van der Waals surface area contributed by atoms with Crippen molar-refractivity contribution in [2.45, 2.75) is 33.9 Å². The van der Waals surface area contributed by atoms with Crippen LogP contribution in [0.1, 0.15) is 35.3 Å². The highest BCUT2D eigenvalue weighted by Crippen LogP contribution is 2.16. The normalized spacial score (nSPS) is 11.4. The Morgan fingerprint density at radius 2 is 1.85 bits per heavy atom. The molecule has 3 rings (SSSR count). The lowest BCUT2D eigenvalue weighted by Gasteiger charge is -2.28. The molecular formula is C25H30N4O4S. The Bertz CT molecular complexity index is 1330. The highest BCUT2D eigenvalue weighted by molar-refractivity contribution is 7.71. The third-order valence-electron chi connectivity index (χ3n) is 5.61. The molecule has 0 saturated carbocycles. The number of fused-ring (bicyclic) bond motifs is 1. The van der Waals surface area contributed by atoms with Crippen LogP contribution >= 0.6 is 12.2 Å². The van der Waals surface area contributed by atoms with E-state index in [4.69, 9.17) is 12.2 Å². The Hall–Kier alpha value is -3.30. The highest BCUT2D eigenvalue weighted by Gasteiger charge is 2.24. The monoisotopic (exact) mass is 482 g/mol. The van der Waals surface area contributed by atoms with Crippen molar-refractivity contribution >= 4 is 35.1 Å². The van der Waals surface area contributed by atoms with Crippen LogP contribution in [0, 0.1) is 17.0 Å². The van der Waals surface area contributed by atoms with E-state index in [0.29, 0.717) is 22.2 Å². The van der Waals surface area contributed by atoms with Crippen molar-refractivity contribution in [2.75, 3.05) is 20.2 Å². The molecule has 3 aromatic rings. The van der Waals surface area contributed by atoms with Crippen LogP contribution < -0.4 is 10.9 Å². The highest BCUT2D eigenvalue weighted by atomic mass is 32.1. The fraction of sp³-hybridized carbons (Fsp3) is 0.360. The van der Waals surface area contributed by atoms with Gasteiger partial charge in [-0.3, -0.25) is 19.0 Å². The fourth-order valence-corrected chi connectivity index (χ4v) is 3.78. The fourth-order valence-electron chi connectivity index (χ4n) is 3.61. The van der Waals surface area contributed by atoms with Gasteiger partial charge in [0.2, 0.25) is 5.91 Å². The summed E-state index contributed by atoms with van der Waals surface area (Å²) < 4.78 is 1.65. The summed E-state index contributed by atoms with van der Waals surface area (Å²) in [5, 5.41) is 12.9. The first kappa shape index (κ1) is 25.3. The van der Waals surface area contributed by atoms with Crippen LogP contribution in [-0.2, 0) is 17.9 Å². The molecule has 0 aliphatic carbocycles. The number of aromatic amines is 1. The zero-order chi connectivity index (χ0) is 25.0. The number of carbonyl (C=O) groups is 2. The molecule has 34 heavy (non-hydrogen) atoms. The summed E-state index contributed by atoms with van der Waals surface area (Å²) in [6.45, 7) is 5.88. The number of aliphatic hydroxyl groups is 1. The maximum atomic E-state index is 13.3. The minimum Gasteiger partial charge on any atom is -0.396 e. The van der Waals surface area contributed by atoms with Crippen molar-refractivity contribution in [1.29, 1.82) is 0 Å². The SMILES string of the molecule is Cc1ccc(CNC(=O)c2cc3ccc(=S)[nH]c3n(CC(=O)N(C)CC(C)(C)CO)c2=O)cc1. The third-order valence-corrected chi connectivity index (χ3v) is 5.84. The summed E-state index contributed by atoms with van der Waals surface area (Å²) >= 11 is 5.21. The zero-order valence-corrected chi connectivity index (χ0v) is 20.7. The van der Waals surface area contributed by atoms with Crippen LogP contribution in [0.4, 0.5) is 0 Å². The Morgan fingerprint density at radius 3 is 2.50 bits per heavy atom. The smallest absolute Gasteiger partial charge is 0.265 e. The average molecular weight is 483 g/mol. The van der Waals surface area contributed by atoms with E-state index in [2.05, 4.69) is 10.3 Å². The first-order valence-corrected chi connectivity index (χ1v) is 11.4. The second kappa shape index (κ2) is 10.3. The van der Waals surface area contributed by atoms with Gasteiger partial charge in [0, 0.05) is 37.5 Å². The van der Waals surface area contributed by atoms with Crippen LogP contribution in [0.25, 0.3) is 11.0 Å². The number of H-pyrrole nitrogens is 1. The summed E-state index contributed by atoms with van der Waals surface area (Å²) in [6, 6.07) is 12.6. The number of benzene rings is 1. The van der Waals surface area contributed by atoms with E-state index in [1.807, 2.05) is 45.0 Å². The second-order valence-electron chi connectivity index (χ2n) is 9.32. The topological polar surface area (TPSA) is 107 Å². The Balaban J connectivity index is 1.94. The van der Waals surface area contributed by atoms with Gasteiger partial charge in [-0.1, -0.05) is 55.9 Å². The number of carbonyl (C=O) groups excluding carboxylic acids is 2. The van der Waals surface area contributed by atoms with Crippen molar-refractivity contribution in [1.82, 2.24) is 19.8 Å². The number of rotatable bonds is 8. The van der Waals surface area contributed by atoms with Crippen molar-refractivity contribution in [3.63, 3.8) is 0 Å². The maximum absolute atomic E-state index is 13.3. The van der Waals surface area contributed by atoms with Crippen molar-refractivity contribution in [3.8, 4) is 0 Å². The Labute approximate surface area is 203 Å². The van der Waals surface area contributed by atoms with Gasteiger partial charge in [0.25, 0.3) is 11.5 Å². The number of aryl methyl sites for hydroxylation is 1. The number of aliphatic hydroxyl groups excluding tert-OH is 1. The molecule has 0 atom stereocenters. The van der Waals surface area contributed by atoms with E-state index in [1.165, 1.54) is 15.5 Å². The van der Waals surface area contributed by atoms with Crippen LogP contribution in [0.15, 0.2) is 47.3 Å². The minimum absolute atomic E-state index is 0.0590. The van der Waals surface area contributed by atoms with E-state index in [0.717, 1.165) is 11.1 Å². The number of pyridine rings is 2. The predicted molar refractivity (Wildman–Crippen MR) is 134 cm³/mol. The van der Waals surface area contributed by atoms with E-state index in [-0.39, 0.29) is 31.2 Å². The van der Waals surface area contributed by atoms with Crippen LogP contribution in [0.2, 0.25) is 0 Å². The van der Waals surface area contributed by atoms with Gasteiger partial charge in [-0.25, -0.2) is 0 Å². The number of nitrogens with zero attached hydrogens (tertiary/aromatic N) is 2. The molecule has 180 valence electrons. The second-order valence-corrected chi connectivity index (χ2v) is 9.76. The summed E-state index contributed by atoms with van der Waals surface area (Å²) in [5.74, 6) is -0.851. The molecule has 1 aromatic carbocycles. The Morgan fingerprint density at radius 1 is 1.18 bits per heavy atom. The molecule has 0 aliphatic heterocycles. The number of aromatic nitrogens is 2. The summed E-state index contributed by atoms with van der Waals surface area (Å²) in [4.78, 5) is 43.7. The number of hydrogen-bond donors (Lipinski definition) is 3. The zero-order valence-electron chi connectivity index (χ0n) is 19.8. The molecule has 9 heteroatoms. The first-order chi connectivity index (χ1) is 16.0.